The Morgan fingerprint density at radius 1 is 1.69 bits per heavy atom. The van der Waals surface area contributed by atoms with Crippen molar-refractivity contribution >= 4 is 27.3 Å². The largest absolute Gasteiger partial charge is 0.380 e. The third kappa shape index (κ3) is 4.22. The van der Waals surface area contributed by atoms with E-state index in [9.17, 15) is 0 Å². The molecule has 1 unspecified atom stereocenters. The molecule has 1 atom stereocenters. The van der Waals surface area contributed by atoms with Crippen LogP contribution in [0.25, 0.3) is 0 Å². The highest BCUT2D eigenvalue weighted by atomic mass is 79.9. The van der Waals surface area contributed by atoms with E-state index in [1.165, 1.54) is 9.35 Å². The van der Waals surface area contributed by atoms with Crippen LogP contribution in [0.3, 0.4) is 0 Å². The van der Waals surface area contributed by atoms with Gasteiger partial charge in [-0.15, -0.1) is 11.3 Å². The summed E-state index contributed by atoms with van der Waals surface area (Å²) in [6, 6.07) is 2.13. The summed E-state index contributed by atoms with van der Waals surface area (Å²) in [6.45, 7) is 3.86. The Balaban J connectivity index is 2.20. The first-order chi connectivity index (χ1) is 6.22. The number of hydrogen-bond acceptors (Lipinski definition) is 3. The highest BCUT2D eigenvalue weighted by Gasteiger charge is 1.99. The molecule has 1 aromatic heterocycles. The summed E-state index contributed by atoms with van der Waals surface area (Å²) < 4.78 is 6.31. The number of hydrogen-bond donors (Lipinski definition) is 1. The number of halogens is 1. The van der Waals surface area contributed by atoms with Crippen LogP contribution >= 0.6 is 27.3 Å². The second kappa shape index (κ2) is 5.75. The normalized spacial score (nSPS) is 13.2. The van der Waals surface area contributed by atoms with E-state index in [4.69, 9.17) is 4.74 Å². The fourth-order valence-electron chi connectivity index (χ4n) is 0.942. The van der Waals surface area contributed by atoms with Crippen LogP contribution in [-0.2, 0) is 11.3 Å². The Morgan fingerprint density at radius 3 is 3.00 bits per heavy atom. The maximum absolute atomic E-state index is 5.12. The van der Waals surface area contributed by atoms with Crippen LogP contribution in [0.5, 0.6) is 0 Å². The van der Waals surface area contributed by atoms with E-state index in [0.717, 1.165) is 13.1 Å². The Morgan fingerprint density at radius 2 is 2.46 bits per heavy atom. The average Bonchev–Trinajstić information content (AvgIpc) is 2.51. The Kier molecular flexibility index (Phi) is 4.94. The lowest BCUT2D eigenvalue weighted by Crippen LogP contribution is -2.25. The van der Waals surface area contributed by atoms with Gasteiger partial charge in [0.1, 0.15) is 0 Å². The van der Waals surface area contributed by atoms with Crippen LogP contribution in [0.15, 0.2) is 15.2 Å². The van der Waals surface area contributed by atoms with Crippen molar-refractivity contribution in [3.63, 3.8) is 0 Å². The van der Waals surface area contributed by atoms with Crippen molar-refractivity contribution in [3.05, 3.63) is 20.8 Å². The van der Waals surface area contributed by atoms with Crippen LogP contribution in [0.4, 0.5) is 0 Å². The van der Waals surface area contributed by atoms with E-state index in [2.05, 4.69) is 39.6 Å². The number of ether oxygens (including phenoxy) is 1. The topological polar surface area (TPSA) is 21.3 Å². The Hall–Kier alpha value is 0.100. The zero-order chi connectivity index (χ0) is 9.68. The van der Waals surface area contributed by atoms with E-state index in [-0.39, 0.29) is 6.10 Å². The number of nitrogens with one attached hydrogen (secondary N) is 1. The molecule has 0 aliphatic carbocycles. The van der Waals surface area contributed by atoms with Crippen LogP contribution in [-0.4, -0.2) is 19.8 Å². The maximum atomic E-state index is 5.12. The van der Waals surface area contributed by atoms with Gasteiger partial charge in [-0.2, -0.15) is 0 Å². The first-order valence-corrected chi connectivity index (χ1v) is 5.86. The van der Waals surface area contributed by atoms with Gasteiger partial charge in [0.05, 0.1) is 9.89 Å². The SMILES string of the molecule is COC(C)CNCc1csc(Br)c1. The lowest BCUT2D eigenvalue weighted by Gasteiger charge is -2.09. The predicted octanol–water partition coefficient (Wildman–Crippen LogP) is 2.64. The second-order valence-electron chi connectivity index (χ2n) is 2.94. The van der Waals surface area contributed by atoms with Gasteiger partial charge in [-0.3, -0.25) is 0 Å². The minimum Gasteiger partial charge on any atom is -0.380 e. The van der Waals surface area contributed by atoms with E-state index in [0.29, 0.717) is 0 Å². The summed E-state index contributed by atoms with van der Waals surface area (Å²) in [5, 5.41) is 5.47. The molecular weight excluding hydrogens is 250 g/mol. The lowest BCUT2D eigenvalue weighted by atomic mass is 10.3. The van der Waals surface area contributed by atoms with Crippen molar-refractivity contribution in [2.45, 2.75) is 19.6 Å². The molecule has 0 fully saturated rings. The number of rotatable bonds is 5. The molecule has 0 aliphatic rings. The molecule has 0 saturated carbocycles. The van der Waals surface area contributed by atoms with Crippen molar-refractivity contribution in [2.75, 3.05) is 13.7 Å². The van der Waals surface area contributed by atoms with Gasteiger partial charge < -0.3 is 10.1 Å². The predicted molar refractivity (Wildman–Crippen MR) is 60.2 cm³/mol. The average molecular weight is 264 g/mol. The summed E-state index contributed by atoms with van der Waals surface area (Å²) in [6.07, 6.45) is 0.280. The molecule has 0 saturated heterocycles. The van der Waals surface area contributed by atoms with Crippen LogP contribution in [0, 0.1) is 0 Å². The molecule has 2 nitrogen and oxygen atoms in total. The third-order valence-corrected chi connectivity index (χ3v) is 3.34. The molecule has 0 amide bonds. The minimum absolute atomic E-state index is 0.280. The Bertz CT molecular complexity index is 252. The summed E-state index contributed by atoms with van der Waals surface area (Å²) in [7, 11) is 1.73. The first-order valence-electron chi connectivity index (χ1n) is 4.19. The van der Waals surface area contributed by atoms with E-state index >= 15 is 0 Å². The quantitative estimate of drug-likeness (QED) is 0.882. The second-order valence-corrected chi connectivity index (χ2v) is 5.23. The van der Waals surface area contributed by atoms with Crippen LogP contribution in [0.1, 0.15) is 12.5 Å². The smallest absolute Gasteiger partial charge is 0.0701 e. The molecule has 1 N–H and O–H groups in total. The van der Waals surface area contributed by atoms with Gasteiger partial charge in [-0.05, 0) is 39.9 Å². The Labute approximate surface area is 91.4 Å². The van der Waals surface area contributed by atoms with Crippen LogP contribution < -0.4 is 5.32 Å². The van der Waals surface area contributed by atoms with Gasteiger partial charge >= 0.3 is 0 Å². The molecule has 1 aromatic rings. The third-order valence-electron chi connectivity index (χ3n) is 1.79. The monoisotopic (exact) mass is 263 g/mol. The highest BCUT2D eigenvalue weighted by Crippen LogP contribution is 2.20. The molecule has 4 heteroatoms. The summed E-state index contributed by atoms with van der Waals surface area (Å²) in [4.78, 5) is 0. The molecule has 0 radical (unpaired) electrons. The van der Waals surface area contributed by atoms with Gasteiger partial charge in [-0.1, -0.05) is 0 Å². The van der Waals surface area contributed by atoms with Crippen molar-refractivity contribution in [2.24, 2.45) is 0 Å². The molecule has 0 aliphatic heterocycles. The summed E-state index contributed by atoms with van der Waals surface area (Å²) in [5.74, 6) is 0. The first kappa shape index (κ1) is 11.2. The number of thiophene rings is 1. The molecule has 0 spiro atoms. The van der Waals surface area contributed by atoms with Crippen molar-refractivity contribution in [1.82, 2.24) is 5.32 Å². The molecule has 74 valence electrons. The van der Waals surface area contributed by atoms with Crippen molar-refractivity contribution < 1.29 is 4.74 Å². The molecule has 1 heterocycles. The fraction of sp³-hybridized carbons (Fsp3) is 0.556. The van der Waals surface area contributed by atoms with Gasteiger partial charge in [0.25, 0.3) is 0 Å². The van der Waals surface area contributed by atoms with Crippen LogP contribution in [0.2, 0.25) is 0 Å². The zero-order valence-corrected chi connectivity index (χ0v) is 10.2. The van der Waals surface area contributed by atoms with Gasteiger partial charge in [0, 0.05) is 20.2 Å². The molecule has 1 rings (SSSR count). The van der Waals surface area contributed by atoms with Crippen molar-refractivity contribution in [3.8, 4) is 0 Å². The van der Waals surface area contributed by atoms with Gasteiger partial charge in [0.15, 0.2) is 0 Å². The van der Waals surface area contributed by atoms with Gasteiger partial charge in [0.2, 0.25) is 0 Å². The fourth-order valence-corrected chi connectivity index (χ4v) is 2.15. The van der Waals surface area contributed by atoms with E-state index in [1.807, 2.05) is 0 Å². The molecule has 0 bridgehead atoms. The maximum Gasteiger partial charge on any atom is 0.0701 e. The van der Waals surface area contributed by atoms with Gasteiger partial charge in [-0.25, -0.2) is 0 Å². The number of methoxy groups -OCH3 is 1. The standard InChI is InChI=1S/C9H14BrNOS/c1-7(12-2)4-11-5-8-3-9(10)13-6-8/h3,6-7,11H,4-5H2,1-2H3. The summed E-state index contributed by atoms with van der Waals surface area (Å²) in [5.41, 5.74) is 1.32. The molecule has 13 heavy (non-hydrogen) atoms. The minimum atomic E-state index is 0.280. The van der Waals surface area contributed by atoms with Crippen molar-refractivity contribution in [1.29, 1.82) is 0 Å². The lowest BCUT2D eigenvalue weighted by molar-refractivity contribution is 0.117. The molecular formula is C9H14BrNOS. The zero-order valence-electron chi connectivity index (χ0n) is 7.84. The van der Waals surface area contributed by atoms with E-state index in [1.54, 1.807) is 18.4 Å². The molecule has 0 aromatic carbocycles. The summed E-state index contributed by atoms with van der Waals surface area (Å²) >= 11 is 5.15. The highest BCUT2D eigenvalue weighted by molar-refractivity contribution is 9.11. The van der Waals surface area contributed by atoms with E-state index < -0.39 is 0 Å².